The van der Waals surface area contributed by atoms with Gasteiger partial charge in [-0.25, -0.2) is 0 Å². The second-order valence-electron chi connectivity index (χ2n) is 8.18. The molecular weight excluding hydrogens is 470 g/mol. The molecule has 0 saturated heterocycles. The Kier molecular flexibility index (Phi) is 11.3. The number of rotatable bonds is 11. The van der Waals surface area contributed by atoms with Crippen molar-refractivity contribution in [3.8, 4) is 0 Å². The normalized spacial score (nSPS) is 20.7. The standard InChI is InChI=1S/C22H31NO12/c1-11-7-8-18(23(29)30)17(9-11)20(33-14(4)26)22(35-16(6)28)21(34-15(5)27)19(32-13(3)25)10-31-12(2)24/h7,17-22H,8-10H2,1-6H3/t17-,18-,19+,20-,21-,22+/m0/s1. The van der Waals surface area contributed by atoms with E-state index in [0.29, 0.717) is 0 Å². The van der Waals surface area contributed by atoms with Crippen molar-refractivity contribution < 1.29 is 52.6 Å². The smallest absolute Gasteiger partial charge is 0.303 e. The van der Waals surface area contributed by atoms with Crippen molar-refractivity contribution in [2.75, 3.05) is 6.61 Å². The number of hydrogen-bond acceptors (Lipinski definition) is 12. The number of hydrogen-bond donors (Lipinski definition) is 0. The molecule has 0 spiro atoms. The highest BCUT2D eigenvalue weighted by Crippen LogP contribution is 2.35. The van der Waals surface area contributed by atoms with Gasteiger partial charge in [-0.3, -0.25) is 34.1 Å². The molecule has 1 aliphatic rings. The zero-order chi connectivity index (χ0) is 26.9. The molecule has 196 valence electrons. The Balaban J connectivity index is 3.67. The number of carbonyl (C=O) groups is 5. The fourth-order valence-electron chi connectivity index (χ4n) is 3.92. The molecule has 0 aromatic rings. The maximum Gasteiger partial charge on any atom is 0.303 e. The quantitative estimate of drug-likeness (QED) is 0.131. The first-order valence-corrected chi connectivity index (χ1v) is 10.8. The summed E-state index contributed by atoms with van der Waals surface area (Å²) in [6.45, 7) is 6.41. The summed E-state index contributed by atoms with van der Waals surface area (Å²) in [5.41, 5.74) is 0.771. The largest absolute Gasteiger partial charge is 0.462 e. The van der Waals surface area contributed by atoms with Crippen LogP contribution >= 0.6 is 0 Å². The van der Waals surface area contributed by atoms with Crippen LogP contribution in [0.1, 0.15) is 54.4 Å². The maximum atomic E-state index is 12.1. The summed E-state index contributed by atoms with van der Waals surface area (Å²) in [7, 11) is 0. The Morgan fingerprint density at radius 3 is 1.86 bits per heavy atom. The lowest BCUT2D eigenvalue weighted by Crippen LogP contribution is -2.57. The van der Waals surface area contributed by atoms with E-state index in [2.05, 4.69) is 0 Å². The van der Waals surface area contributed by atoms with Gasteiger partial charge in [-0.15, -0.1) is 0 Å². The molecule has 0 heterocycles. The molecule has 13 heteroatoms. The molecule has 0 saturated carbocycles. The second kappa shape index (κ2) is 13.4. The minimum atomic E-state index is -1.64. The van der Waals surface area contributed by atoms with Gasteiger partial charge in [-0.1, -0.05) is 11.6 Å². The van der Waals surface area contributed by atoms with E-state index in [0.717, 1.165) is 40.2 Å². The summed E-state index contributed by atoms with van der Waals surface area (Å²) < 4.78 is 26.3. The monoisotopic (exact) mass is 501 g/mol. The van der Waals surface area contributed by atoms with E-state index in [1.165, 1.54) is 0 Å². The third-order valence-corrected chi connectivity index (χ3v) is 5.14. The molecule has 13 nitrogen and oxygen atoms in total. The zero-order valence-electron chi connectivity index (χ0n) is 20.5. The van der Waals surface area contributed by atoms with E-state index in [-0.39, 0.29) is 12.8 Å². The van der Waals surface area contributed by atoms with Gasteiger partial charge in [0, 0.05) is 46.0 Å². The average Bonchev–Trinajstić information content (AvgIpc) is 2.71. The number of carbonyl (C=O) groups excluding carboxylic acids is 5. The van der Waals surface area contributed by atoms with Crippen molar-refractivity contribution in [1.82, 2.24) is 0 Å². The van der Waals surface area contributed by atoms with Crippen LogP contribution in [0.4, 0.5) is 0 Å². The van der Waals surface area contributed by atoms with Gasteiger partial charge in [0.25, 0.3) is 0 Å². The van der Waals surface area contributed by atoms with Gasteiger partial charge < -0.3 is 23.7 Å². The van der Waals surface area contributed by atoms with Crippen LogP contribution in [0.5, 0.6) is 0 Å². The van der Waals surface area contributed by atoms with Crippen LogP contribution in [-0.2, 0) is 47.7 Å². The van der Waals surface area contributed by atoms with E-state index in [9.17, 15) is 34.1 Å². The van der Waals surface area contributed by atoms with E-state index in [1.54, 1.807) is 13.0 Å². The average molecular weight is 501 g/mol. The van der Waals surface area contributed by atoms with E-state index < -0.39 is 77.8 Å². The van der Waals surface area contributed by atoms with Crippen LogP contribution < -0.4 is 0 Å². The Morgan fingerprint density at radius 1 is 0.886 bits per heavy atom. The third-order valence-electron chi connectivity index (χ3n) is 5.14. The lowest BCUT2D eigenvalue weighted by Gasteiger charge is -2.39. The van der Waals surface area contributed by atoms with Gasteiger partial charge >= 0.3 is 29.8 Å². The van der Waals surface area contributed by atoms with E-state index >= 15 is 0 Å². The summed E-state index contributed by atoms with van der Waals surface area (Å²) in [6.07, 6.45) is -4.43. The fraction of sp³-hybridized carbons (Fsp3) is 0.682. The highest BCUT2D eigenvalue weighted by molar-refractivity contribution is 5.69. The van der Waals surface area contributed by atoms with Crippen LogP contribution in [-0.4, -0.2) is 71.8 Å². The molecule has 6 atom stereocenters. The number of ether oxygens (including phenoxy) is 5. The lowest BCUT2D eigenvalue weighted by molar-refractivity contribution is -0.535. The summed E-state index contributed by atoms with van der Waals surface area (Å²) in [6, 6.07) is -1.22. The minimum absolute atomic E-state index is 0.0209. The molecule has 0 N–H and O–H groups in total. The predicted molar refractivity (Wildman–Crippen MR) is 116 cm³/mol. The van der Waals surface area contributed by atoms with Crippen molar-refractivity contribution in [3.05, 3.63) is 21.8 Å². The summed E-state index contributed by atoms with van der Waals surface area (Å²) in [4.78, 5) is 70.6. The van der Waals surface area contributed by atoms with Gasteiger partial charge in [0.2, 0.25) is 6.04 Å². The van der Waals surface area contributed by atoms with Gasteiger partial charge in [-0.2, -0.15) is 0 Å². The molecule has 1 aliphatic carbocycles. The van der Waals surface area contributed by atoms with Crippen molar-refractivity contribution in [3.63, 3.8) is 0 Å². The molecule has 0 bridgehead atoms. The van der Waals surface area contributed by atoms with Gasteiger partial charge in [0.1, 0.15) is 6.61 Å². The highest BCUT2D eigenvalue weighted by atomic mass is 16.6. The lowest BCUT2D eigenvalue weighted by atomic mass is 9.78. The molecule has 0 fully saturated rings. The van der Waals surface area contributed by atoms with Crippen molar-refractivity contribution in [1.29, 1.82) is 0 Å². The zero-order valence-corrected chi connectivity index (χ0v) is 20.5. The second-order valence-corrected chi connectivity index (χ2v) is 8.18. The van der Waals surface area contributed by atoms with Crippen LogP contribution in [0.25, 0.3) is 0 Å². The molecule has 0 aromatic carbocycles. The highest BCUT2D eigenvalue weighted by Gasteiger charge is 2.51. The molecule has 0 aliphatic heterocycles. The van der Waals surface area contributed by atoms with E-state index in [4.69, 9.17) is 23.7 Å². The first-order chi connectivity index (χ1) is 16.2. The van der Waals surface area contributed by atoms with Crippen molar-refractivity contribution in [2.45, 2.75) is 84.8 Å². The Morgan fingerprint density at radius 2 is 1.40 bits per heavy atom. The third kappa shape index (κ3) is 9.71. The first kappa shape index (κ1) is 29.5. The molecule has 35 heavy (non-hydrogen) atoms. The SMILES string of the molecule is CC(=O)OC[C@@H](OC(C)=O)[C@H](OC(C)=O)[C@H](OC(C)=O)[C@@H](OC(C)=O)[C@H]1CC(C)=CC[C@@H]1[N+](=O)[O-]. The number of esters is 5. The maximum absolute atomic E-state index is 12.1. The molecule has 0 amide bonds. The Hall–Kier alpha value is -3.51. The molecular formula is C22H31NO12. The van der Waals surface area contributed by atoms with Crippen LogP contribution in [0.15, 0.2) is 11.6 Å². The topological polar surface area (TPSA) is 175 Å². The van der Waals surface area contributed by atoms with Crippen LogP contribution in [0.3, 0.4) is 0 Å². The summed E-state index contributed by atoms with van der Waals surface area (Å²) >= 11 is 0. The van der Waals surface area contributed by atoms with Crippen molar-refractivity contribution in [2.24, 2.45) is 5.92 Å². The first-order valence-electron chi connectivity index (χ1n) is 10.8. The molecule has 0 aromatic heterocycles. The van der Waals surface area contributed by atoms with Gasteiger partial charge in [0.15, 0.2) is 24.4 Å². The Labute approximate surface area is 202 Å². The van der Waals surface area contributed by atoms with E-state index in [1.807, 2.05) is 0 Å². The molecule has 0 unspecified atom stereocenters. The molecule has 1 rings (SSSR count). The van der Waals surface area contributed by atoms with Crippen LogP contribution in [0.2, 0.25) is 0 Å². The predicted octanol–water partition coefficient (Wildman–Crippen LogP) is 1.28. The Bertz CT molecular complexity index is 866. The number of allylic oxidation sites excluding steroid dienone is 1. The fourth-order valence-corrected chi connectivity index (χ4v) is 3.92. The van der Waals surface area contributed by atoms with Gasteiger partial charge in [-0.05, 0) is 13.3 Å². The summed E-state index contributed by atoms with van der Waals surface area (Å²) in [5, 5.41) is 11.8. The van der Waals surface area contributed by atoms with Crippen LogP contribution in [0, 0.1) is 16.0 Å². The molecule has 0 radical (unpaired) electrons. The minimum Gasteiger partial charge on any atom is -0.462 e. The van der Waals surface area contributed by atoms with Crippen molar-refractivity contribution >= 4 is 29.8 Å². The number of nitro groups is 1. The summed E-state index contributed by atoms with van der Waals surface area (Å²) in [5.74, 6) is -5.20. The van der Waals surface area contributed by atoms with Gasteiger partial charge in [0.05, 0.1) is 5.92 Å². The number of nitrogens with zero attached hydrogens (tertiary/aromatic N) is 1.